The second-order valence-electron chi connectivity index (χ2n) is 4.50. The average Bonchev–Trinajstić information content (AvgIpc) is 2.80. The number of nitrogens with one attached hydrogen (secondary N) is 1. The first-order valence-corrected chi connectivity index (χ1v) is 9.48. The highest BCUT2D eigenvalue weighted by Gasteiger charge is 2.29. The topological polar surface area (TPSA) is 50.4 Å². The van der Waals surface area contributed by atoms with Crippen molar-refractivity contribution < 1.29 is 0 Å². The van der Waals surface area contributed by atoms with E-state index >= 15 is 0 Å². The van der Waals surface area contributed by atoms with Crippen molar-refractivity contribution >= 4 is 48.5 Å². The van der Waals surface area contributed by atoms with Gasteiger partial charge in [-0.15, -0.1) is 10.2 Å². The molecule has 1 aliphatic heterocycles. The van der Waals surface area contributed by atoms with Crippen LogP contribution < -0.4 is 10.5 Å². The molecule has 0 spiro atoms. The van der Waals surface area contributed by atoms with E-state index in [1.54, 1.807) is 0 Å². The van der Waals surface area contributed by atoms with Crippen LogP contribution in [0.4, 0.5) is 0 Å². The van der Waals surface area contributed by atoms with Crippen molar-refractivity contribution in [3.63, 3.8) is 0 Å². The van der Waals surface area contributed by atoms with Crippen LogP contribution in [0.2, 0.25) is 0 Å². The Kier molecular flexibility index (Phi) is 5.23. The zero-order chi connectivity index (χ0) is 14.6. The minimum atomic E-state index is -1.32. The number of benzene rings is 1. The minimum Gasteiger partial charge on any atom is -0.376 e. The molecule has 1 unspecified atom stereocenters. The third-order valence-corrected chi connectivity index (χ3v) is 7.16. The average molecular weight is 372 g/mol. The van der Waals surface area contributed by atoms with Crippen molar-refractivity contribution in [3.8, 4) is 0 Å². The normalized spacial score (nSPS) is 24.0. The van der Waals surface area contributed by atoms with Gasteiger partial charge in [0.15, 0.2) is 5.11 Å². The molecular weight excluding hydrogens is 354 g/mol. The third-order valence-electron chi connectivity index (χ3n) is 3.14. The number of aryl methyl sites for hydroxylation is 1. The molecule has 3 N–H and O–H groups in total. The van der Waals surface area contributed by atoms with Gasteiger partial charge in [0.05, 0.1) is 5.04 Å². The van der Waals surface area contributed by atoms with Gasteiger partial charge in [-0.1, -0.05) is 35.0 Å². The molecule has 3 nitrogen and oxygen atoms in total. The Balaban J connectivity index is 2.13. The van der Waals surface area contributed by atoms with Gasteiger partial charge in [0.25, 0.3) is 0 Å². The van der Waals surface area contributed by atoms with Gasteiger partial charge < -0.3 is 10.5 Å². The van der Waals surface area contributed by atoms with Crippen LogP contribution in [0.5, 0.6) is 0 Å². The molecule has 6 heteroatoms. The molecule has 0 aliphatic carbocycles. The monoisotopic (exact) mass is 371 g/mol. The van der Waals surface area contributed by atoms with Crippen LogP contribution in [0.1, 0.15) is 18.9 Å². The van der Waals surface area contributed by atoms with Crippen molar-refractivity contribution in [2.45, 2.75) is 19.8 Å². The summed E-state index contributed by atoms with van der Waals surface area (Å²) in [7, 11) is -1.32. The van der Waals surface area contributed by atoms with Crippen LogP contribution in [-0.4, -0.2) is 15.9 Å². The van der Waals surface area contributed by atoms with Crippen LogP contribution in [-0.2, 0) is 6.42 Å². The van der Waals surface area contributed by atoms with E-state index in [-0.39, 0.29) is 0 Å². The summed E-state index contributed by atoms with van der Waals surface area (Å²) in [5.41, 5.74) is 7.02. The molecule has 1 aromatic carbocycles. The summed E-state index contributed by atoms with van der Waals surface area (Å²) in [6.07, 6.45) is 3.76. The van der Waals surface area contributed by atoms with Gasteiger partial charge in [-0.3, -0.25) is 4.99 Å². The van der Waals surface area contributed by atoms with Crippen LogP contribution in [0.3, 0.4) is 0 Å². The maximum Gasteiger partial charge on any atom is 0.173 e. The molecule has 20 heavy (non-hydrogen) atoms. The zero-order valence-electron chi connectivity index (χ0n) is 11.3. The fourth-order valence-electron chi connectivity index (χ4n) is 2.18. The summed E-state index contributed by atoms with van der Waals surface area (Å²) in [4.78, 5) is 4.48. The Hall–Kier alpha value is -0.850. The molecule has 0 saturated carbocycles. The van der Waals surface area contributed by atoms with E-state index in [1.165, 1.54) is 10.6 Å². The first-order valence-electron chi connectivity index (χ1n) is 6.42. The number of thiocarbonyl (C=S) groups is 1. The maximum absolute atomic E-state index is 5.71. The molecular formula is C14H18BrN3S2. The van der Waals surface area contributed by atoms with Crippen molar-refractivity contribution in [3.05, 3.63) is 45.9 Å². The van der Waals surface area contributed by atoms with Gasteiger partial charge >= 0.3 is 0 Å². The van der Waals surface area contributed by atoms with Gasteiger partial charge in [0.1, 0.15) is 0 Å². The maximum atomic E-state index is 5.71. The highest BCUT2D eigenvalue weighted by molar-refractivity contribution is 9.10. The van der Waals surface area contributed by atoms with Gasteiger partial charge in [-0.25, -0.2) is 0 Å². The summed E-state index contributed by atoms with van der Waals surface area (Å²) < 4.78 is 4.40. The molecule has 1 aromatic rings. The number of halogens is 1. The van der Waals surface area contributed by atoms with Crippen molar-refractivity contribution in [2.75, 3.05) is 5.75 Å². The van der Waals surface area contributed by atoms with E-state index in [0.29, 0.717) is 5.11 Å². The lowest BCUT2D eigenvalue weighted by Gasteiger charge is -2.36. The summed E-state index contributed by atoms with van der Waals surface area (Å²) >= 11 is 8.50. The van der Waals surface area contributed by atoms with Gasteiger partial charge in [0, 0.05) is 16.4 Å². The predicted molar refractivity (Wildman–Crippen MR) is 97.1 cm³/mol. The third kappa shape index (κ3) is 3.62. The van der Waals surface area contributed by atoms with E-state index in [2.05, 4.69) is 62.2 Å². The van der Waals surface area contributed by atoms with E-state index in [0.717, 1.165) is 23.1 Å². The molecule has 0 bridgehead atoms. The van der Waals surface area contributed by atoms with Gasteiger partial charge in [-0.05, 0) is 48.2 Å². The largest absolute Gasteiger partial charge is 0.376 e. The highest BCUT2D eigenvalue weighted by atomic mass is 79.9. The number of hydrogen-bond acceptors (Lipinski definition) is 2. The first-order chi connectivity index (χ1) is 9.55. The lowest BCUT2D eigenvalue weighted by molar-refractivity contribution is 1.14. The van der Waals surface area contributed by atoms with Crippen LogP contribution in [0, 0.1) is 0 Å². The van der Waals surface area contributed by atoms with E-state index in [4.69, 9.17) is 18.0 Å². The molecule has 2 rings (SSSR count). The van der Waals surface area contributed by atoms with Crippen LogP contribution in [0.15, 0.2) is 45.3 Å². The summed E-state index contributed by atoms with van der Waals surface area (Å²) in [6, 6.07) is 8.41. The van der Waals surface area contributed by atoms with Gasteiger partial charge in [0.2, 0.25) is 0 Å². The summed E-state index contributed by atoms with van der Waals surface area (Å²) in [5, 5.41) is 3.66. The smallest absolute Gasteiger partial charge is 0.173 e. The number of rotatable bonds is 5. The molecule has 1 aliphatic rings. The molecule has 0 fully saturated rings. The lowest BCUT2D eigenvalue weighted by Crippen LogP contribution is -2.36. The zero-order valence-corrected chi connectivity index (χ0v) is 14.5. The molecule has 0 amide bonds. The first kappa shape index (κ1) is 15.5. The van der Waals surface area contributed by atoms with Crippen molar-refractivity contribution in [2.24, 2.45) is 10.7 Å². The second kappa shape index (κ2) is 6.74. The summed E-state index contributed by atoms with van der Waals surface area (Å²) in [6.45, 7) is 2.12. The Morgan fingerprint density at radius 3 is 2.70 bits per heavy atom. The standard InChI is InChI=1S/C14H18BrN3S2/c1-2-13-17-8-10-20(13,18-14(16)19)9-7-11-3-5-12(15)6-4-11/h3-6,8,10H,2,7,9H2,1H3,(H3,16,18,19). The molecule has 1 atom stereocenters. The molecule has 108 valence electrons. The van der Waals surface area contributed by atoms with E-state index in [9.17, 15) is 0 Å². The Labute approximate surface area is 135 Å². The fourth-order valence-corrected chi connectivity index (χ4v) is 5.65. The van der Waals surface area contributed by atoms with Crippen molar-refractivity contribution in [1.29, 1.82) is 0 Å². The Morgan fingerprint density at radius 2 is 2.10 bits per heavy atom. The predicted octanol–water partition coefficient (Wildman–Crippen LogP) is 3.84. The van der Waals surface area contributed by atoms with Crippen LogP contribution in [0.25, 0.3) is 0 Å². The Morgan fingerprint density at radius 1 is 1.40 bits per heavy atom. The number of nitrogens with zero attached hydrogens (tertiary/aromatic N) is 1. The fraction of sp³-hybridized carbons (Fsp3) is 0.286. The number of hydrogen-bond donors (Lipinski definition) is 2. The molecule has 0 radical (unpaired) electrons. The summed E-state index contributed by atoms with van der Waals surface area (Å²) in [5.74, 6) is 0.967. The van der Waals surface area contributed by atoms with Crippen LogP contribution >= 0.6 is 38.4 Å². The Bertz CT molecular complexity index is 554. The van der Waals surface area contributed by atoms with Crippen molar-refractivity contribution in [1.82, 2.24) is 4.72 Å². The number of nitrogens with two attached hydrogens (primary N) is 1. The van der Waals surface area contributed by atoms with E-state index in [1.807, 2.05) is 6.20 Å². The molecule has 1 heterocycles. The highest BCUT2D eigenvalue weighted by Crippen LogP contribution is 2.51. The molecule has 0 saturated heterocycles. The number of aliphatic imine (C=N–C) groups is 1. The lowest BCUT2D eigenvalue weighted by atomic mass is 10.2. The molecule has 0 aromatic heterocycles. The van der Waals surface area contributed by atoms with E-state index < -0.39 is 10.2 Å². The quantitative estimate of drug-likeness (QED) is 0.773. The van der Waals surface area contributed by atoms with Gasteiger partial charge in [-0.2, -0.15) is 0 Å². The SMILES string of the molecule is CCC1=NC=CS1(CCc1ccc(Br)cc1)NC(N)=S. The minimum absolute atomic E-state index is 0.350. The second-order valence-corrected chi connectivity index (χ2v) is 8.80.